The van der Waals surface area contributed by atoms with Crippen molar-refractivity contribution >= 4 is 17.0 Å². The molecule has 0 aliphatic carbocycles. The van der Waals surface area contributed by atoms with Crippen molar-refractivity contribution in [1.82, 2.24) is 0 Å². The molecule has 0 radical (unpaired) electrons. The second-order valence-corrected chi connectivity index (χ2v) is 5.21. The summed E-state index contributed by atoms with van der Waals surface area (Å²) in [6, 6.07) is 22.3. The van der Waals surface area contributed by atoms with Crippen LogP contribution in [0.25, 0.3) is 11.1 Å². The fourth-order valence-corrected chi connectivity index (χ4v) is 2.81. The largest absolute Gasteiger partial charge is 0.299 e. The maximum Gasteiger partial charge on any atom is 0.0790 e. The lowest BCUT2D eigenvalue weighted by Crippen LogP contribution is -2.01. The molecule has 0 saturated carbocycles. The van der Waals surface area contributed by atoms with Gasteiger partial charge in [0, 0.05) is 5.56 Å². The van der Waals surface area contributed by atoms with Gasteiger partial charge in [-0.15, -0.1) is 11.3 Å². The van der Waals surface area contributed by atoms with E-state index in [1.165, 1.54) is 0 Å². The summed E-state index contributed by atoms with van der Waals surface area (Å²) < 4.78 is 0. The van der Waals surface area contributed by atoms with E-state index in [2.05, 4.69) is 18.2 Å². The summed E-state index contributed by atoms with van der Waals surface area (Å²) in [5, 5.41) is 10.4. The molecular formula is C17H13NS. The van der Waals surface area contributed by atoms with E-state index in [1.807, 2.05) is 53.9 Å². The zero-order valence-corrected chi connectivity index (χ0v) is 11.2. The summed E-state index contributed by atoms with van der Waals surface area (Å²) >= 11 is 1.61. The maximum atomic E-state index is 8.39. The van der Waals surface area contributed by atoms with Gasteiger partial charge >= 0.3 is 0 Å². The Kier molecular flexibility index (Phi) is 3.25. The molecule has 0 aliphatic heterocycles. The number of hydrogen-bond donors (Lipinski definition) is 1. The number of thiophene rings is 1. The molecule has 0 aliphatic rings. The van der Waals surface area contributed by atoms with Gasteiger partial charge in [0.05, 0.1) is 10.6 Å². The van der Waals surface area contributed by atoms with E-state index in [9.17, 15) is 0 Å². The first-order valence-corrected chi connectivity index (χ1v) is 7.01. The molecule has 0 spiro atoms. The Morgan fingerprint density at radius 2 is 1.53 bits per heavy atom. The molecule has 2 heteroatoms. The lowest BCUT2D eigenvalue weighted by Gasteiger charge is -2.09. The molecule has 92 valence electrons. The van der Waals surface area contributed by atoms with Crippen LogP contribution in [0.1, 0.15) is 10.4 Å². The SMILES string of the molecule is N=C(c1cccs1)c1ccccc1-c1ccccc1. The van der Waals surface area contributed by atoms with Gasteiger partial charge in [-0.05, 0) is 22.6 Å². The quantitative estimate of drug-likeness (QED) is 0.654. The topological polar surface area (TPSA) is 23.9 Å². The molecule has 1 nitrogen and oxygen atoms in total. The van der Waals surface area contributed by atoms with Gasteiger partial charge in [0.1, 0.15) is 0 Å². The van der Waals surface area contributed by atoms with E-state index in [-0.39, 0.29) is 0 Å². The van der Waals surface area contributed by atoms with Gasteiger partial charge in [-0.2, -0.15) is 0 Å². The van der Waals surface area contributed by atoms with Gasteiger partial charge in [-0.3, -0.25) is 5.41 Å². The average Bonchev–Trinajstić information content (AvgIpc) is 3.02. The van der Waals surface area contributed by atoms with Crippen LogP contribution in [-0.2, 0) is 0 Å². The van der Waals surface area contributed by atoms with Gasteiger partial charge in [-0.1, -0.05) is 60.7 Å². The Morgan fingerprint density at radius 3 is 2.26 bits per heavy atom. The fourth-order valence-electron chi connectivity index (χ4n) is 2.12. The Hall–Kier alpha value is -2.19. The molecule has 1 aromatic heterocycles. The van der Waals surface area contributed by atoms with Crippen molar-refractivity contribution in [2.75, 3.05) is 0 Å². The molecule has 0 amide bonds. The Labute approximate surface area is 116 Å². The summed E-state index contributed by atoms with van der Waals surface area (Å²) in [6.45, 7) is 0. The van der Waals surface area contributed by atoms with E-state index >= 15 is 0 Å². The highest BCUT2D eigenvalue weighted by Gasteiger charge is 2.11. The normalized spacial score (nSPS) is 10.3. The Morgan fingerprint density at radius 1 is 0.789 bits per heavy atom. The molecule has 1 heterocycles. The van der Waals surface area contributed by atoms with Gasteiger partial charge in [0.25, 0.3) is 0 Å². The lowest BCUT2D eigenvalue weighted by molar-refractivity contribution is 1.48. The molecule has 2 aromatic carbocycles. The highest BCUT2D eigenvalue weighted by Crippen LogP contribution is 2.26. The third-order valence-corrected chi connectivity index (χ3v) is 3.94. The lowest BCUT2D eigenvalue weighted by atomic mass is 9.96. The Balaban J connectivity index is 2.11. The van der Waals surface area contributed by atoms with Gasteiger partial charge < -0.3 is 0 Å². The summed E-state index contributed by atoms with van der Waals surface area (Å²) in [5.41, 5.74) is 3.84. The highest BCUT2D eigenvalue weighted by atomic mass is 32.1. The first kappa shape index (κ1) is 11.9. The van der Waals surface area contributed by atoms with Crippen LogP contribution in [0.3, 0.4) is 0 Å². The number of nitrogens with one attached hydrogen (secondary N) is 1. The maximum absolute atomic E-state index is 8.39. The molecule has 19 heavy (non-hydrogen) atoms. The molecular weight excluding hydrogens is 250 g/mol. The molecule has 3 rings (SSSR count). The number of rotatable bonds is 3. The summed E-state index contributed by atoms with van der Waals surface area (Å²) in [4.78, 5) is 1.00. The zero-order chi connectivity index (χ0) is 13.1. The van der Waals surface area contributed by atoms with Crippen molar-refractivity contribution in [3.8, 4) is 11.1 Å². The molecule has 0 bridgehead atoms. The number of benzene rings is 2. The Bertz CT molecular complexity index is 684. The standard InChI is InChI=1S/C17H13NS/c18-17(16-11-6-12-19-16)15-10-5-4-9-14(15)13-7-2-1-3-8-13/h1-12,18H. The van der Waals surface area contributed by atoms with Crippen molar-refractivity contribution in [3.05, 3.63) is 82.6 Å². The van der Waals surface area contributed by atoms with Crippen molar-refractivity contribution < 1.29 is 0 Å². The third-order valence-electron chi connectivity index (χ3n) is 3.05. The average molecular weight is 263 g/mol. The van der Waals surface area contributed by atoms with Crippen LogP contribution < -0.4 is 0 Å². The van der Waals surface area contributed by atoms with Crippen molar-refractivity contribution in [1.29, 1.82) is 5.41 Å². The van der Waals surface area contributed by atoms with Crippen molar-refractivity contribution in [2.45, 2.75) is 0 Å². The van der Waals surface area contributed by atoms with E-state index in [0.717, 1.165) is 21.6 Å². The predicted octanol–water partition coefficient (Wildman–Crippen LogP) is 4.83. The predicted molar refractivity (Wildman–Crippen MR) is 82.1 cm³/mol. The van der Waals surface area contributed by atoms with Crippen LogP contribution in [0, 0.1) is 5.41 Å². The molecule has 0 fully saturated rings. The van der Waals surface area contributed by atoms with Crippen LogP contribution in [0.4, 0.5) is 0 Å². The summed E-state index contributed by atoms with van der Waals surface area (Å²) in [6.07, 6.45) is 0. The first-order chi connectivity index (χ1) is 9.36. The smallest absolute Gasteiger partial charge is 0.0790 e. The monoisotopic (exact) mass is 263 g/mol. The van der Waals surface area contributed by atoms with Crippen molar-refractivity contribution in [2.24, 2.45) is 0 Å². The van der Waals surface area contributed by atoms with Crippen LogP contribution in [0.2, 0.25) is 0 Å². The molecule has 0 saturated heterocycles. The zero-order valence-electron chi connectivity index (χ0n) is 10.3. The van der Waals surface area contributed by atoms with Gasteiger partial charge in [0.15, 0.2) is 0 Å². The molecule has 0 atom stereocenters. The van der Waals surface area contributed by atoms with Crippen LogP contribution in [-0.4, -0.2) is 5.71 Å². The highest BCUT2D eigenvalue weighted by molar-refractivity contribution is 7.12. The second kappa shape index (κ2) is 5.21. The second-order valence-electron chi connectivity index (χ2n) is 4.26. The van der Waals surface area contributed by atoms with Crippen LogP contribution in [0.15, 0.2) is 72.1 Å². The minimum Gasteiger partial charge on any atom is -0.299 e. The minimum atomic E-state index is 0.592. The van der Waals surface area contributed by atoms with E-state index < -0.39 is 0 Å². The van der Waals surface area contributed by atoms with Crippen LogP contribution >= 0.6 is 11.3 Å². The third kappa shape index (κ3) is 2.35. The first-order valence-electron chi connectivity index (χ1n) is 6.13. The summed E-state index contributed by atoms with van der Waals surface area (Å²) in [7, 11) is 0. The summed E-state index contributed by atoms with van der Waals surface area (Å²) in [5.74, 6) is 0. The molecule has 1 N–H and O–H groups in total. The van der Waals surface area contributed by atoms with Crippen molar-refractivity contribution in [3.63, 3.8) is 0 Å². The van der Waals surface area contributed by atoms with Crippen LogP contribution in [0.5, 0.6) is 0 Å². The van der Waals surface area contributed by atoms with Gasteiger partial charge in [0.2, 0.25) is 0 Å². The van der Waals surface area contributed by atoms with E-state index in [4.69, 9.17) is 5.41 Å². The molecule has 0 unspecified atom stereocenters. The van der Waals surface area contributed by atoms with E-state index in [1.54, 1.807) is 11.3 Å². The minimum absolute atomic E-state index is 0.592. The van der Waals surface area contributed by atoms with Gasteiger partial charge in [-0.25, -0.2) is 0 Å². The van der Waals surface area contributed by atoms with E-state index in [0.29, 0.717) is 5.71 Å². The number of hydrogen-bond acceptors (Lipinski definition) is 2. The molecule has 3 aromatic rings. The fraction of sp³-hybridized carbons (Fsp3) is 0.